The van der Waals surface area contributed by atoms with Gasteiger partial charge in [-0.15, -0.1) is 0 Å². The number of aliphatic hydroxyl groups excluding tert-OH is 2. The number of hydrogen-bond donors (Lipinski definition) is 3. The molecule has 1 saturated heterocycles. The molecule has 0 aromatic heterocycles. The Kier molecular flexibility index (Phi) is 5.64. The van der Waals surface area contributed by atoms with E-state index in [1.54, 1.807) is 0 Å². The second kappa shape index (κ2) is 7.72. The molecule has 132 valence electrons. The van der Waals surface area contributed by atoms with Gasteiger partial charge in [0.25, 0.3) is 0 Å². The van der Waals surface area contributed by atoms with Gasteiger partial charge in [0.05, 0.1) is 12.2 Å². The van der Waals surface area contributed by atoms with Crippen LogP contribution < -0.4 is 5.32 Å². The first-order valence-corrected chi connectivity index (χ1v) is 9.04. The van der Waals surface area contributed by atoms with E-state index in [0.29, 0.717) is 44.3 Å². The normalized spacial score (nSPS) is 29.4. The zero-order chi connectivity index (χ0) is 17.1. The lowest BCUT2D eigenvalue weighted by Crippen LogP contribution is -2.39. The summed E-state index contributed by atoms with van der Waals surface area (Å²) in [6.45, 7) is 1.99. The number of aliphatic hydroxyl groups is 2. The van der Waals surface area contributed by atoms with E-state index in [-0.39, 0.29) is 6.03 Å². The lowest BCUT2D eigenvalue weighted by atomic mass is 9.79. The van der Waals surface area contributed by atoms with E-state index >= 15 is 0 Å². The standard InChI is InChI=1S/C18H25ClN2O3/c19-15-5-3-12(4-6-15)2-1-7-20-18(24)21-10-13-8-16(22)17(23)9-14(13)11-21/h3-6,13-14,16-17,22-23H,1-2,7-11H2,(H,20,24)/t13-,14+,16+,17-. The second-order valence-electron chi connectivity index (χ2n) is 6.99. The van der Waals surface area contributed by atoms with Gasteiger partial charge >= 0.3 is 6.03 Å². The number of amides is 2. The predicted molar refractivity (Wildman–Crippen MR) is 93.0 cm³/mol. The number of rotatable bonds is 4. The molecule has 1 aromatic rings. The van der Waals surface area contributed by atoms with Crippen LogP contribution in [0.2, 0.25) is 5.02 Å². The van der Waals surface area contributed by atoms with Crippen LogP contribution in [0.3, 0.4) is 0 Å². The van der Waals surface area contributed by atoms with Crippen molar-refractivity contribution in [1.82, 2.24) is 10.2 Å². The van der Waals surface area contributed by atoms with E-state index in [2.05, 4.69) is 5.32 Å². The number of nitrogens with one attached hydrogen (secondary N) is 1. The SMILES string of the molecule is O=C(NCCCc1ccc(Cl)cc1)N1C[C@H]2C[C@H](O)[C@H](O)C[C@H]2C1. The third-order valence-electron chi connectivity index (χ3n) is 5.23. The maximum Gasteiger partial charge on any atom is 0.317 e. The van der Waals surface area contributed by atoms with Gasteiger partial charge in [-0.3, -0.25) is 0 Å². The zero-order valence-corrected chi connectivity index (χ0v) is 14.5. The van der Waals surface area contributed by atoms with E-state index in [4.69, 9.17) is 11.6 Å². The highest BCUT2D eigenvalue weighted by molar-refractivity contribution is 6.30. The van der Waals surface area contributed by atoms with Gasteiger partial charge in [0.1, 0.15) is 0 Å². The van der Waals surface area contributed by atoms with E-state index in [9.17, 15) is 15.0 Å². The van der Waals surface area contributed by atoms with E-state index in [1.807, 2.05) is 29.2 Å². The second-order valence-corrected chi connectivity index (χ2v) is 7.43. The van der Waals surface area contributed by atoms with Crippen LogP contribution in [0.5, 0.6) is 0 Å². The van der Waals surface area contributed by atoms with Gasteiger partial charge in [-0.1, -0.05) is 23.7 Å². The van der Waals surface area contributed by atoms with Crippen LogP contribution in [-0.2, 0) is 6.42 Å². The number of carbonyl (C=O) groups is 1. The Morgan fingerprint density at radius 3 is 2.29 bits per heavy atom. The molecule has 4 atom stereocenters. The van der Waals surface area contributed by atoms with E-state index < -0.39 is 12.2 Å². The van der Waals surface area contributed by atoms with Crippen molar-refractivity contribution in [3.05, 3.63) is 34.9 Å². The summed E-state index contributed by atoms with van der Waals surface area (Å²) in [5, 5.41) is 23.3. The molecule has 1 aliphatic carbocycles. The van der Waals surface area contributed by atoms with Gasteiger partial charge in [-0.2, -0.15) is 0 Å². The first kappa shape index (κ1) is 17.5. The highest BCUT2D eigenvalue weighted by atomic mass is 35.5. The molecule has 24 heavy (non-hydrogen) atoms. The van der Waals surface area contributed by atoms with Gasteiger partial charge in [0.15, 0.2) is 0 Å². The number of nitrogens with zero attached hydrogens (tertiary/aromatic N) is 1. The van der Waals surface area contributed by atoms with Crippen LogP contribution >= 0.6 is 11.6 Å². The third-order valence-corrected chi connectivity index (χ3v) is 5.48. The Balaban J connectivity index is 1.39. The van der Waals surface area contributed by atoms with Crippen molar-refractivity contribution in [3.63, 3.8) is 0 Å². The van der Waals surface area contributed by atoms with Crippen molar-refractivity contribution in [1.29, 1.82) is 0 Å². The molecule has 0 bridgehead atoms. The smallest absolute Gasteiger partial charge is 0.317 e. The molecule has 0 spiro atoms. The Hall–Kier alpha value is -1.30. The van der Waals surface area contributed by atoms with Gasteiger partial charge in [0.2, 0.25) is 0 Å². The Labute approximate surface area is 147 Å². The molecule has 0 radical (unpaired) electrons. The van der Waals surface area contributed by atoms with Gasteiger partial charge in [-0.05, 0) is 55.2 Å². The first-order chi connectivity index (χ1) is 11.5. The summed E-state index contributed by atoms with van der Waals surface area (Å²) in [5.41, 5.74) is 1.21. The first-order valence-electron chi connectivity index (χ1n) is 8.66. The third kappa shape index (κ3) is 4.21. The molecule has 5 nitrogen and oxygen atoms in total. The molecule has 2 fully saturated rings. The number of likely N-dealkylation sites (tertiary alicyclic amines) is 1. The Bertz CT molecular complexity index is 548. The summed E-state index contributed by atoms with van der Waals surface area (Å²) in [4.78, 5) is 14.1. The van der Waals surface area contributed by atoms with Crippen LogP contribution in [0.25, 0.3) is 0 Å². The van der Waals surface area contributed by atoms with Crippen LogP contribution in [-0.4, -0.2) is 53.0 Å². The van der Waals surface area contributed by atoms with Gasteiger partial charge in [-0.25, -0.2) is 4.79 Å². The number of urea groups is 1. The Morgan fingerprint density at radius 2 is 1.71 bits per heavy atom. The molecule has 0 unspecified atom stereocenters. The lowest BCUT2D eigenvalue weighted by molar-refractivity contribution is -0.0372. The van der Waals surface area contributed by atoms with E-state index in [1.165, 1.54) is 5.56 Å². The molecular weight excluding hydrogens is 328 g/mol. The number of carbonyl (C=O) groups excluding carboxylic acids is 1. The molecule has 2 aliphatic rings. The number of aryl methyl sites for hydroxylation is 1. The van der Waals surface area contributed by atoms with Crippen LogP contribution in [0.1, 0.15) is 24.8 Å². The molecule has 1 heterocycles. The molecule has 1 aliphatic heterocycles. The minimum Gasteiger partial charge on any atom is -0.390 e. The molecule has 2 amide bonds. The average Bonchev–Trinajstić information content (AvgIpc) is 2.96. The van der Waals surface area contributed by atoms with Crippen molar-refractivity contribution in [3.8, 4) is 0 Å². The molecule has 1 aromatic carbocycles. The molecule has 1 saturated carbocycles. The largest absolute Gasteiger partial charge is 0.390 e. The lowest BCUT2D eigenvalue weighted by Gasteiger charge is -2.31. The highest BCUT2D eigenvalue weighted by Crippen LogP contribution is 2.36. The summed E-state index contributed by atoms with van der Waals surface area (Å²) in [6, 6.07) is 7.73. The summed E-state index contributed by atoms with van der Waals surface area (Å²) >= 11 is 5.86. The maximum absolute atomic E-state index is 12.3. The maximum atomic E-state index is 12.3. The average molecular weight is 353 g/mol. The number of fused-ring (bicyclic) bond motifs is 1. The van der Waals surface area contributed by atoms with Gasteiger partial charge in [0, 0.05) is 24.7 Å². The van der Waals surface area contributed by atoms with Crippen molar-refractivity contribution >= 4 is 17.6 Å². The fraction of sp³-hybridized carbons (Fsp3) is 0.611. The quantitative estimate of drug-likeness (QED) is 0.726. The fourth-order valence-electron chi connectivity index (χ4n) is 3.82. The van der Waals surface area contributed by atoms with Crippen molar-refractivity contribution in [2.45, 2.75) is 37.9 Å². The predicted octanol–water partition coefficient (Wildman–Crippen LogP) is 2.05. The summed E-state index contributed by atoms with van der Waals surface area (Å²) < 4.78 is 0. The summed E-state index contributed by atoms with van der Waals surface area (Å²) in [5.74, 6) is 0.617. The van der Waals surface area contributed by atoms with Crippen molar-refractivity contribution in [2.24, 2.45) is 11.8 Å². The van der Waals surface area contributed by atoms with Gasteiger partial charge < -0.3 is 20.4 Å². The number of hydrogen-bond acceptors (Lipinski definition) is 3. The zero-order valence-electron chi connectivity index (χ0n) is 13.7. The Morgan fingerprint density at radius 1 is 1.12 bits per heavy atom. The number of halogens is 1. The van der Waals surface area contributed by atoms with Crippen LogP contribution in [0.4, 0.5) is 4.79 Å². The van der Waals surface area contributed by atoms with Crippen LogP contribution in [0, 0.1) is 11.8 Å². The van der Waals surface area contributed by atoms with E-state index in [0.717, 1.165) is 17.9 Å². The highest BCUT2D eigenvalue weighted by Gasteiger charge is 2.42. The molecule has 3 rings (SSSR count). The molecule has 6 heteroatoms. The topological polar surface area (TPSA) is 72.8 Å². The van der Waals surface area contributed by atoms with Crippen molar-refractivity contribution in [2.75, 3.05) is 19.6 Å². The minimum atomic E-state index is -0.645. The summed E-state index contributed by atoms with van der Waals surface area (Å²) in [6.07, 6.45) is 1.67. The summed E-state index contributed by atoms with van der Waals surface area (Å²) in [7, 11) is 0. The fourth-order valence-corrected chi connectivity index (χ4v) is 3.95. The number of benzene rings is 1. The molecular formula is C18H25ClN2O3. The van der Waals surface area contributed by atoms with Crippen molar-refractivity contribution < 1.29 is 15.0 Å². The molecule has 3 N–H and O–H groups in total. The van der Waals surface area contributed by atoms with Crippen LogP contribution in [0.15, 0.2) is 24.3 Å². The minimum absolute atomic E-state index is 0.0375. The monoisotopic (exact) mass is 352 g/mol.